The minimum Gasteiger partial charge on any atom is -0.478 e. The Labute approximate surface area is 130 Å². The molecule has 0 unspecified atom stereocenters. The van der Waals surface area contributed by atoms with Crippen LogP contribution in [0.2, 0.25) is 0 Å². The van der Waals surface area contributed by atoms with Gasteiger partial charge in [-0.15, -0.1) is 0 Å². The van der Waals surface area contributed by atoms with E-state index in [1.807, 2.05) is 0 Å². The third-order valence-corrected chi connectivity index (χ3v) is 4.22. The van der Waals surface area contributed by atoms with Gasteiger partial charge in [0.25, 0.3) is 10.0 Å². The van der Waals surface area contributed by atoms with E-state index < -0.39 is 38.2 Å². The summed E-state index contributed by atoms with van der Waals surface area (Å²) in [6.45, 7) is 0. The molecule has 120 valence electrons. The van der Waals surface area contributed by atoms with Crippen LogP contribution in [0.1, 0.15) is 20.7 Å². The van der Waals surface area contributed by atoms with E-state index in [1.165, 1.54) is 18.2 Å². The van der Waals surface area contributed by atoms with Gasteiger partial charge in [-0.1, -0.05) is 6.07 Å². The van der Waals surface area contributed by atoms with Gasteiger partial charge in [-0.05, 0) is 36.4 Å². The molecule has 0 bridgehead atoms. The summed E-state index contributed by atoms with van der Waals surface area (Å²) in [5.41, 5.74) is -0.936. The quantitative estimate of drug-likeness (QED) is 0.766. The number of benzene rings is 2. The van der Waals surface area contributed by atoms with Crippen molar-refractivity contribution in [2.75, 3.05) is 4.72 Å². The van der Waals surface area contributed by atoms with E-state index in [4.69, 9.17) is 10.2 Å². The fourth-order valence-electron chi connectivity index (χ4n) is 1.77. The summed E-state index contributed by atoms with van der Waals surface area (Å²) in [5.74, 6) is -3.90. The summed E-state index contributed by atoms with van der Waals surface area (Å²) in [7, 11) is -4.20. The van der Waals surface area contributed by atoms with E-state index in [-0.39, 0.29) is 11.3 Å². The predicted octanol–water partition coefficient (Wildman–Crippen LogP) is 2.02. The fraction of sp³-hybridized carbons (Fsp3) is 0. The number of hydrogen-bond donors (Lipinski definition) is 3. The Hall–Kier alpha value is -2.94. The number of hydrogen-bond acceptors (Lipinski definition) is 4. The average Bonchev–Trinajstić information content (AvgIpc) is 2.46. The van der Waals surface area contributed by atoms with Crippen LogP contribution in [0.5, 0.6) is 0 Å². The first-order chi connectivity index (χ1) is 10.7. The van der Waals surface area contributed by atoms with E-state index in [9.17, 15) is 22.4 Å². The van der Waals surface area contributed by atoms with Crippen LogP contribution in [0.25, 0.3) is 0 Å². The number of rotatable bonds is 5. The average molecular weight is 339 g/mol. The zero-order valence-corrected chi connectivity index (χ0v) is 12.2. The lowest BCUT2D eigenvalue weighted by Gasteiger charge is -2.09. The Morgan fingerprint density at radius 3 is 2.30 bits per heavy atom. The fourth-order valence-corrected chi connectivity index (χ4v) is 2.84. The molecule has 0 fully saturated rings. The zero-order chi connectivity index (χ0) is 17.2. The summed E-state index contributed by atoms with van der Waals surface area (Å²) < 4.78 is 39.8. The van der Waals surface area contributed by atoms with Crippen molar-refractivity contribution in [3.8, 4) is 0 Å². The number of aromatic carboxylic acids is 2. The van der Waals surface area contributed by atoms with Crippen molar-refractivity contribution < 1.29 is 32.6 Å². The molecule has 0 saturated carbocycles. The van der Waals surface area contributed by atoms with Crippen molar-refractivity contribution in [3.05, 3.63) is 59.4 Å². The first kappa shape index (κ1) is 16.4. The first-order valence-corrected chi connectivity index (χ1v) is 7.58. The lowest BCUT2D eigenvalue weighted by molar-refractivity contribution is 0.0683. The van der Waals surface area contributed by atoms with Crippen LogP contribution in [0, 0.1) is 5.82 Å². The van der Waals surface area contributed by atoms with E-state index in [0.717, 1.165) is 18.2 Å². The Kier molecular flexibility index (Phi) is 4.32. The van der Waals surface area contributed by atoms with E-state index in [0.29, 0.717) is 6.07 Å². The van der Waals surface area contributed by atoms with Crippen LogP contribution in [0.15, 0.2) is 47.4 Å². The smallest absolute Gasteiger partial charge is 0.338 e. The molecule has 3 N–H and O–H groups in total. The van der Waals surface area contributed by atoms with Crippen LogP contribution in [0.4, 0.5) is 10.1 Å². The number of halogens is 1. The molecule has 2 aromatic carbocycles. The van der Waals surface area contributed by atoms with Crippen molar-refractivity contribution in [2.24, 2.45) is 0 Å². The summed E-state index contributed by atoms with van der Waals surface area (Å²) in [4.78, 5) is 21.3. The van der Waals surface area contributed by atoms with Crippen molar-refractivity contribution in [3.63, 3.8) is 0 Å². The van der Waals surface area contributed by atoms with Gasteiger partial charge in [0.1, 0.15) is 5.82 Å². The van der Waals surface area contributed by atoms with Crippen molar-refractivity contribution in [2.45, 2.75) is 4.90 Å². The summed E-state index contributed by atoms with van der Waals surface area (Å²) in [6.07, 6.45) is 0. The normalized spacial score (nSPS) is 11.0. The largest absolute Gasteiger partial charge is 0.478 e. The zero-order valence-electron chi connectivity index (χ0n) is 11.4. The maximum Gasteiger partial charge on any atom is 0.338 e. The SMILES string of the molecule is O=C(O)c1cccc(NS(=O)(=O)c2ccc(F)c(C(=O)O)c2)c1. The minimum atomic E-state index is -4.20. The standard InChI is InChI=1S/C14H10FNO6S/c15-12-5-4-10(7-11(12)14(19)20)23(21,22)16-9-3-1-2-8(6-9)13(17)18/h1-7,16H,(H,17,18)(H,19,20). The molecule has 0 aliphatic rings. The number of anilines is 1. The molecule has 0 amide bonds. The summed E-state index contributed by atoms with van der Waals surface area (Å²) in [6, 6.07) is 7.36. The number of sulfonamides is 1. The lowest BCUT2D eigenvalue weighted by Crippen LogP contribution is -2.14. The molecular weight excluding hydrogens is 329 g/mol. The highest BCUT2D eigenvalue weighted by molar-refractivity contribution is 7.92. The molecular formula is C14H10FNO6S. The highest BCUT2D eigenvalue weighted by Gasteiger charge is 2.19. The van der Waals surface area contributed by atoms with Crippen LogP contribution < -0.4 is 4.72 Å². The Morgan fingerprint density at radius 2 is 1.70 bits per heavy atom. The number of carboxylic acid groups (broad SMARTS) is 2. The molecule has 9 heteroatoms. The second kappa shape index (κ2) is 6.05. The summed E-state index contributed by atoms with van der Waals surface area (Å²) in [5, 5.41) is 17.7. The van der Waals surface area contributed by atoms with E-state index in [2.05, 4.69) is 4.72 Å². The van der Waals surface area contributed by atoms with Gasteiger partial charge < -0.3 is 10.2 Å². The number of nitrogens with one attached hydrogen (secondary N) is 1. The highest BCUT2D eigenvalue weighted by Crippen LogP contribution is 2.20. The molecule has 7 nitrogen and oxygen atoms in total. The van der Waals surface area contributed by atoms with Gasteiger partial charge in [-0.3, -0.25) is 4.72 Å². The van der Waals surface area contributed by atoms with Gasteiger partial charge in [-0.2, -0.15) is 0 Å². The number of carbonyl (C=O) groups is 2. The monoisotopic (exact) mass is 339 g/mol. The van der Waals surface area contributed by atoms with Gasteiger partial charge in [0, 0.05) is 5.69 Å². The lowest BCUT2D eigenvalue weighted by atomic mass is 10.2. The molecule has 0 atom stereocenters. The van der Waals surface area contributed by atoms with Gasteiger partial charge >= 0.3 is 11.9 Å². The van der Waals surface area contributed by atoms with Crippen LogP contribution >= 0.6 is 0 Å². The van der Waals surface area contributed by atoms with Crippen molar-refractivity contribution in [1.29, 1.82) is 0 Å². The predicted molar refractivity (Wildman–Crippen MR) is 77.6 cm³/mol. The second-order valence-corrected chi connectivity index (χ2v) is 6.12. The molecule has 0 aromatic heterocycles. The number of carboxylic acids is 2. The van der Waals surface area contributed by atoms with E-state index >= 15 is 0 Å². The maximum absolute atomic E-state index is 13.3. The Morgan fingerprint density at radius 1 is 1.00 bits per heavy atom. The highest BCUT2D eigenvalue weighted by atomic mass is 32.2. The molecule has 0 heterocycles. The Bertz CT molecular complexity index is 894. The Balaban J connectivity index is 2.40. The molecule has 2 rings (SSSR count). The first-order valence-electron chi connectivity index (χ1n) is 6.10. The van der Waals surface area contributed by atoms with E-state index in [1.54, 1.807) is 0 Å². The van der Waals surface area contributed by atoms with Crippen molar-refractivity contribution in [1.82, 2.24) is 0 Å². The van der Waals surface area contributed by atoms with Crippen LogP contribution in [-0.2, 0) is 10.0 Å². The van der Waals surface area contributed by atoms with Gasteiger partial charge in [-0.25, -0.2) is 22.4 Å². The topological polar surface area (TPSA) is 121 Å². The van der Waals surface area contributed by atoms with Crippen LogP contribution in [0.3, 0.4) is 0 Å². The van der Waals surface area contributed by atoms with Gasteiger partial charge in [0.2, 0.25) is 0 Å². The molecule has 0 saturated heterocycles. The molecule has 0 spiro atoms. The molecule has 2 aromatic rings. The molecule has 0 aliphatic heterocycles. The second-order valence-electron chi connectivity index (χ2n) is 4.44. The minimum absolute atomic E-state index is 0.0221. The molecule has 0 radical (unpaired) electrons. The molecule has 23 heavy (non-hydrogen) atoms. The third-order valence-electron chi connectivity index (χ3n) is 2.84. The summed E-state index contributed by atoms with van der Waals surface area (Å²) >= 11 is 0. The van der Waals surface area contributed by atoms with Gasteiger partial charge in [0.15, 0.2) is 0 Å². The van der Waals surface area contributed by atoms with Crippen molar-refractivity contribution >= 4 is 27.6 Å². The maximum atomic E-state index is 13.3. The third kappa shape index (κ3) is 3.64. The molecule has 0 aliphatic carbocycles. The van der Waals surface area contributed by atoms with Crippen LogP contribution in [-0.4, -0.2) is 30.6 Å². The van der Waals surface area contributed by atoms with Gasteiger partial charge in [0.05, 0.1) is 16.0 Å².